The van der Waals surface area contributed by atoms with Gasteiger partial charge in [0.2, 0.25) is 5.88 Å². The molecule has 1 aromatic heterocycles. The number of pyridine rings is 1. The third-order valence-electron chi connectivity index (χ3n) is 2.11. The Morgan fingerprint density at radius 1 is 1.21 bits per heavy atom. The van der Waals surface area contributed by atoms with E-state index in [-0.39, 0.29) is 4.90 Å². The van der Waals surface area contributed by atoms with Crippen LogP contribution in [0.25, 0.3) is 0 Å². The van der Waals surface area contributed by atoms with Gasteiger partial charge in [0.05, 0.1) is 12.8 Å². The summed E-state index contributed by atoms with van der Waals surface area (Å²) in [6.07, 6.45) is 1.98. The number of hydrogen-bond donors (Lipinski definition) is 0. The van der Waals surface area contributed by atoms with E-state index in [1.807, 2.05) is 0 Å². The minimum Gasteiger partial charge on any atom is -0.475 e. The van der Waals surface area contributed by atoms with Gasteiger partial charge in [-0.15, -0.1) is 0 Å². The van der Waals surface area contributed by atoms with Crippen LogP contribution in [0.15, 0.2) is 23.2 Å². The van der Waals surface area contributed by atoms with E-state index in [1.165, 1.54) is 12.1 Å². The molecule has 108 valence electrons. The van der Waals surface area contributed by atoms with Crippen LogP contribution in [0.5, 0.6) is 5.88 Å². The highest BCUT2D eigenvalue weighted by Gasteiger charge is 2.10. The molecule has 1 heterocycles. The first-order valence-electron chi connectivity index (χ1n) is 5.64. The summed E-state index contributed by atoms with van der Waals surface area (Å²) in [4.78, 5) is 3.77. The molecule has 0 amide bonds. The largest absolute Gasteiger partial charge is 0.475 e. The predicted molar refractivity (Wildman–Crippen MR) is 70.1 cm³/mol. The van der Waals surface area contributed by atoms with E-state index in [1.54, 1.807) is 7.11 Å². The van der Waals surface area contributed by atoms with Crippen molar-refractivity contribution in [2.75, 3.05) is 33.5 Å². The highest BCUT2D eigenvalue weighted by atomic mass is 35.7. The number of aromatic nitrogens is 1. The summed E-state index contributed by atoms with van der Waals surface area (Å²) in [6.45, 7) is 2.04. The van der Waals surface area contributed by atoms with Gasteiger partial charge in [0.15, 0.2) is 0 Å². The summed E-state index contributed by atoms with van der Waals surface area (Å²) in [5.74, 6) is 0.324. The van der Waals surface area contributed by atoms with Crippen LogP contribution in [0.3, 0.4) is 0 Å². The van der Waals surface area contributed by atoms with Crippen LogP contribution >= 0.6 is 10.7 Å². The van der Waals surface area contributed by atoms with E-state index in [0.29, 0.717) is 32.3 Å². The molecule has 1 aromatic rings. The molecule has 0 saturated carbocycles. The molecule has 0 radical (unpaired) electrons. The molecule has 0 aliphatic carbocycles. The lowest BCUT2D eigenvalue weighted by atomic mass is 10.5. The van der Waals surface area contributed by atoms with Gasteiger partial charge in [0.1, 0.15) is 11.5 Å². The van der Waals surface area contributed by atoms with E-state index in [4.69, 9.17) is 24.9 Å². The molecule has 0 aliphatic rings. The highest BCUT2D eigenvalue weighted by molar-refractivity contribution is 8.13. The second kappa shape index (κ2) is 8.31. The van der Waals surface area contributed by atoms with Crippen LogP contribution in [-0.2, 0) is 18.5 Å². The molecule has 0 aliphatic heterocycles. The minimum atomic E-state index is -3.74. The molecular formula is C11H16ClNO5S. The Kier molecular flexibility index (Phi) is 7.07. The van der Waals surface area contributed by atoms with Gasteiger partial charge < -0.3 is 14.2 Å². The summed E-state index contributed by atoms with van der Waals surface area (Å²) < 4.78 is 37.4. The number of hydrogen-bond acceptors (Lipinski definition) is 6. The zero-order chi connectivity index (χ0) is 14.1. The van der Waals surface area contributed by atoms with Crippen molar-refractivity contribution >= 4 is 19.7 Å². The maximum atomic E-state index is 11.0. The maximum absolute atomic E-state index is 11.0. The second-order valence-corrected chi connectivity index (χ2v) is 6.14. The van der Waals surface area contributed by atoms with Crippen LogP contribution in [0, 0.1) is 0 Å². The van der Waals surface area contributed by atoms with Crippen LogP contribution in [0.1, 0.15) is 6.42 Å². The summed E-state index contributed by atoms with van der Waals surface area (Å²) >= 11 is 0. The molecule has 0 atom stereocenters. The van der Waals surface area contributed by atoms with E-state index >= 15 is 0 Å². The number of nitrogens with zero attached hydrogens (tertiary/aromatic N) is 1. The van der Waals surface area contributed by atoms with Crippen LogP contribution in [-0.4, -0.2) is 46.9 Å². The molecule has 6 nitrogen and oxygen atoms in total. The van der Waals surface area contributed by atoms with Crippen molar-refractivity contribution < 1.29 is 22.6 Å². The number of rotatable bonds is 9. The average Bonchev–Trinajstić information content (AvgIpc) is 2.37. The van der Waals surface area contributed by atoms with Gasteiger partial charge in [-0.25, -0.2) is 13.4 Å². The van der Waals surface area contributed by atoms with Crippen LogP contribution in [0.2, 0.25) is 0 Å². The second-order valence-electron chi connectivity index (χ2n) is 3.58. The van der Waals surface area contributed by atoms with Gasteiger partial charge in [-0.1, -0.05) is 0 Å². The molecular weight excluding hydrogens is 294 g/mol. The molecule has 0 unspecified atom stereocenters. The van der Waals surface area contributed by atoms with E-state index in [9.17, 15) is 8.42 Å². The van der Waals surface area contributed by atoms with Crippen molar-refractivity contribution in [1.29, 1.82) is 0 Å². The Labute approximate surface area is 117 Å². The monoisotopic (exact) mass is 309 g/mol. The van der Waals surface area contributed by atoms with Crippen molar-refractivity contribution in [2.24, 2.45) is 0 Å². The fourth-order valence-electron chi connectivity index (χ4n) is 1.21. The third kappa shape index (κ3) is 6.72. The quantitative estimate of drug-likeness (QED) is 0.507. The SMILES string of the molecule is COCCCOCCOc1ccc(S(=O)(=O)Cl)cn1. The third-order valence-corrected chi connectivity index (χ3v) is 3.44. The molecule has 0 N–H and O–H groups in total. The van der Waals surface area contributed by atoms with Crippen molar-refractivity contribution in [3.8, 4) is 5.88 Å². The van der Waals surface area contributed by atoms with Gasteiger partial charge in [-0.3, -0.25) is 0 Å². The molecule has 0 spiro atoms. The molecule has 19 heavy (non-hydrogen) atoms. The fourth-order valence-corrected chi connectivity index (χ4v) is 1.89. The lowest BCUT2D eigenvalue weighted by Gasteiger charge is -2.06. The molecule has 0 bridgehead atoms. The first kappa shape index (κ1) is 16.2. The Bertz CT molecular complexity index is 462. The van der Waals surface area contributed by atoms with E-state index in [2.05, 4.69) is 4.98 Å². The molecule has 8 heteroatoms. The van der Waals surface area contributed by atoms with Gasteiger partial charge in [0, 0.05) is 37.1 Å². The van der Waals surface area contributed by atoms with Crippen molar-refractivity contribution in [1.82, 2.24) is 4.98 Å². The van der Waals surface area contributed by atoms with Crippen LogP contribution < -0.4 is 4.74 Å². The molecule has 0 aromatic carbocycles. The van der Waals surface area contributed by atoms with Crippen molar-refractivity contribution in [3.63, 3.8) is 0 Å². The lowest BCUT2D eigenvalue weighted by molar-refractivity contribution is 0.0795. The first-order valence-corrected chi connectivity index (χ1v) is 7.95. The molecule has 0 saturated heterocycles. The van der Waals surface area contributed by atoms with Crippen LogP contribution in [0.4, 0.5) is 0 Å². The predicted octanol–water partition coefficient (Wildman–Crippen LogP) is 1.44. The summed E-state index contributed by atoms with van der Waals surface area (Å²) in [5.41, 5.74) is 0. The Morgan fingerprint density at radius 3 is 2.58 bits per heavy atom. The molecule has 1 rings (SSSR count). The fraction of sp³-hybridized carbons (Fsp3) is 0.545. The lowest BCUT2D eigenvalue weighted by Crippen LogP contribution is -2.09. The zero-order valence-electron chi connectivity index (χ0n) is 10.5. The summed E-state index contributed by atoms with van der Waals surface area (Å²) in [5, 5.41) is 0. The minimum absolute atomic E-state index is 0.0580. The smallest absolute Gasteiger partial charge is 0.262 e. The highest BCUT2D eigenvalue weighted by Crippen LogP contribution is 2.15. The summed E-state index contributed by atoms with van der Waals surface area (Å²) in [7, 11) is 3.06. The van der Waals surface area contributed by atoms with E-state index < -0.39 is 9.05 Å². The Balaban J connectivity index is 2.23. The Morgan fingerprint density at radius 2 is 2.00 bits per heavy atom. The average molecular weight is 310 g/mol. The van der Waals surface area contributed by atoms with Gasteiger partial charge in [-0.05, 0) is 12.5 Å². The van der Waals surface area contributed by atoms with E-state index in [0.717, 1.165) is 12.6 Å². The van der Waals surface area contributed by atoms with Gasteiger partial charge in [-0.2, -0.15) is 0 Å². The van der Waals surface area contributed by atoms with Crippen molar-refractivity contribution in [3.05, 3.63) is 18.3 Å². The first-order chi connectivity index (χ1) is 9.04. The standard InChI is InChI=1S/C11H16ClNO5S/c1-16-5-2-6-17-7-8-18-11-4-3-10(9-13-11)19(12,14)15/h3-4,9H,2,5-8H2,1H3. The maximum Gasteiger partial charge on any atom is 0.262 e. The number of ether oxygens (including phenoxy) is 3. The Hall–Kier alpha value is -0.890. The molecule has 0 fully saturated rings. The van der Waals surface area contributed by atoms with Gasteiger partial charge >= 0.3 is 0 Å². The number of methoxy groups -OCH3 is 1. The number of halogens is 1. The van der Waals surface area contributed by atoms with Gasteiger partial charge in [0.25, 0.3) is 9.05 Å². The zero-order valence-corrected chi connectivity index (χ0v) is 12.1. The topological polar surface area (TPSA) is 74.7 Å². The summed E-state index contributed by atoms with van der Waals surface area (Å²) in [6, 6.07) is 2.78. The normalized spacial score (nSPS) is 11.5. The van der Waals surface area contributed by atoms with Crippen molar-refractivity contribution in [2.45, 2.75) is 11.3 Å².